The average Bonchev–Trinajstić information content (AvgIpc) is 3.33. The van der Waals surface area contributed by atoms with Gasteiger partial charge < -0.3 is 10.6 Å². The van der Waals surface area contributed by atoms with E-state index >= 15 is 0 Å². The molecule has 2 aliphatic rings. The fourth-order valence-electron chi connectivity index (χ4n) is 4.31. The van der Waals surface area contributed by atoms with Crippen LogP contribution in [0.25, 0.3) is 11.0 Å². The summed E-state index contributed by atoms with van der Waals surface area (Å²) in [6.45, 7) is 3.51. The van der Waals surface area contributed by atoms with Crippen molar-refractivity contribution >= 4 is 34.5 Å². The van der Waals surface area contributed by atoms with Crippen molar-refractivity contribution in [1.29, 1.82) is 0 Å². The molecule has 1 saturated carbocycles. The van der Waals surface area contributed by atoms with E-state index in [1.54, 1.807) is 12.3 Å². The summed E-state index contributed by atoms with van der Waals surface area (Å²) >= 11 is 0. The zero-order valence-electron chi connectivity index (χ0n) is 18.0. The third-order valence-corrected chi connectivity index (χ3v) is 5.93. The zero-order valence-corrected chi connectivity index (χ0v) is 18.0. The topological polar surface area (TPSA) is 98.3 Å². The smallest absolute Gasteiger partial charge is 0.320 e. The van der Waals surface area contributed by atoms with Crippen molar-refractivity contribution in [1.82, 2.24) is 30.6 Å². The number of aromatic nitrogens is 3. The molecule has 9 nitrogen and oxygen atoms in total. The number of hydrogen-bond donors (Lipinski definition) is 3. The SMILES string of the molecule is O=C(Nc1ccc2cnc(N(c3ccccc3)N3CCNCC3)nc2n1)NC1CCCC1. The summed E-state index contributed by atoms with van der Waals surface area (Å²) in [4.78, 5) is 26.3. The van der Waals surface area contributed by atoms with E-state index in [-0.39, 0.29) is 12.1 Å². The minimum Gasteiger partial charge on any atom is -0.335 e. The molecule has 1 aliphatic carbocycles. The van der Waals surface area contributed by atoms with E-state index in [0.29, 0.717) is 17.4 Å². The van der Waals surface area contributed by atoms with Gasteiger partial charge in [-0.3, -0.25) is 5.32 Å². The van der Waals surface area contributed by atoms with E-state index in [4.69, 9.17) is 4.98 Å². The number of carbonyl (C=O) groups excluding carboxylic acids is 1. The number of nitrogens with one attached hydrogen (secondary N) is 3. The van der Waals surface area contributed by atoms with E-state index in [1.165, 1.54) is 12.8 Å². The summed E-state index contributed by atoms with van der Waals surface area (Å²) in [5.74, 6) is 1.04. The van der Waals surface area contributed by atoms with Crippen LogP contribution < -0.4 is 21.0 Å². The quantitative estimate of drug-likeness (QED) is 0.570. The lowest BCUT2D eigenvalue weighted by molar-refractivity contribution is 0.240. The average molecular weight is 433 g/mol. The molecule has 9 heteroatoms. The van der Waals surface area contributed by atoms with Crippen molar-refractivity contribution in [3.63, 3.8) is 0 Å². The lowest BCUT2D eigenvalue weighted by atomic mass is 10.2. The fraction of sp³-hybridized carbons (Fsp3) is 0.391. The van der Waals surface area contributed by atoms with E-state index < -0.39 is 0 Å². The molecule has 0 spiro atoms. The van der Waals surface area contributed by atoms with Crippen molar-refractivity contribution in [2.24, 2.45) is 0 Å². The highest BCUT2D eigenvalue weighted by molar-refractivity contribution is 5.90. The van der Waals surface area contributed by atoms with E-state index in [9.17, 15) is 4.79 Å². The fourth-order valence-corrected chi connectivity index (χ4v) is 4.31. The third kappa shape index (κ3) is 4.63. The number of piperazine rings is 1. The Hall–Kier alpha value is -3.30. The Kier molecular flexibility index (Phi) is 6.09. The number of pyridine rings is 1. The predicted molar refractivity (Wildman–Crippen MR) is 125 cm³/mol. The minimum atomic E-state index is -0.218. The Bertz CT molecular complexity index is 1060. The van der Waals surface area contributed by atoms with E-state index in [1.807, 2.05) is 36.4 Å². The minimum absolute atomic E-state index is 0.218. The molecule has 0 bridgehead atoms. The molecule has 1 aromatic carbocycles. The molecule has 166 valence electrons. The van der Waals surface area contributed by atoms with Crippen molar-refractivity contribution in [3.8, 4) is 0 Å². The van der Waals surface area contributed by atoms with Crippen molar-refractivity contribution < 1.29 is 4.79 Å². The van der Waals surface area contributed by atoms with Gasteiger partial charge in [0, 0.05) is 43.8 Å². The Morgan fingerprint density at radius 3 is 2.59 bits per heavy atom. The van der Waals surface area contributed by atoms with E-state index in [2.05, 4.69) is 35.9 Å². The third-order valence-electron chi connectivity index (χ3n) is 5.93. The molecule has 32 heavy (non-hydrogen) atoms. The van der Waals surface area contributed by atoms with Crippen LogP contribution in [0.3, 0.4) is 0 Å². The summed E-state index contributed by atoms with van der Waals surface area (Å²) in [7, 11) is 0. The molecule has 3 aromatic rings. The number of rotatable bonds is 5. The van der Waals surface area contributed by atoms with Gasteiger partial charge in [0.05, 0.1) is 5.69 Å². The van der Waals surface area contributed by atoms with Crippen LogP contribution in [0, 0.1) is 0 Å². The number of hydrazine groups is 1. The maximum Gasteiger partial charge on any atom is 0.320 e. The Morgan fingerprint density at radius 2 is 1.81 bits per heavy atom. The number of para-hydroxylation sites is 1. The molecule has 0 atom stereocenters. The Morgan fingerprint density at radius 1 is 1.03 bits per heavy atom. The van der Waals surface area contributed by atoms with Gasteiger partial charge in [-0.05, 0) is 37.1 Å². The number of anilines is 3. The molecule has 2 fully saturated rings. The molecule has 3 N–H and O–H groups in total. The molecule has 0 unspecified atom stereocenters. The maximum atomic E-state index is 12.4. The molecular weight excluding hydrogens is 404 g/mol. The summed E-state index contributed by atoms with van der Waals surface area (Å²) in [5, 5.41) is 14.4. The van der Waals surface area contributed by atoms with Crippen molar-refractivity contribution in [2.75, 3.05) is 36.5 Å². The number of hydrogen-bond acceptors (Lipinski definition) is 7. The number of fused-ring (bicyclic) bond motifs is 1. The van der Waals surface area contributed by atoms with Crippen LogP contribution in [-0.2, 0) is 0 Å². The van der Waals surface area contributed by atoms with Crippen LogP contribution >= 0.6 is 0 Å². The molecule has 1 saturated heterocycles. The number of amides is 2. The second kappa shape index (κ2) is 9.46. The van der Waals surface area contributed by atoms with Crippen LogP contribution in [0.4, 0.5) is 22.2 Å². The molecule has 2 aromatic heterocycles. The zero-order chi connectivity index (χ0) is 21.8. The molecule has 3 heterocycles. The van der Waals surface area contributed by atoms with Gasteiger partial charge >= 0.3 is 6.03 Å². The highest BCUT2D eigenvalue weighted by Gasteiger charge is 2.23. The van der Waals surface area contributed by atoms with Gasteiger partial charge in [-0.15, -0.1) is 0 Å². The van der Waals surface area contributed by atoms with Gasteiger partial charge in [0.2, 0.25) is 5.95 Å². The molecule has 5 rings (SSSR count). The summed E-state index contributed by atoms with van der Waals surface area (Å²) < 4.78 is 0. The first-order valence-electron chi connectivity index (χ1n) is 11.3. The number of carbonyl (C=O) groups is 1. The monoisotopic (exact) mass is 432 g/mol. The van der Waals surface area contributed by atoms with Gasteiger partial charge in [-0.1, -0.05) is 31.0 Å². The number of nitrogens with zero attached hydrogens (tertiary/aromatic N) is 5. The van der Waals surface area contributed by atoms with Gasteiger partial charge in [0.25, 0.3) is 0 Å². The predicted octanol–water partition coefficient (Wildman–Crippen LogP) is 3.05. The first-order chi connectivity index (χ1) is 15.8. The second-order valence-electron chi connectivity index (χ2n) is 8.21. The van der Waals surface area contributed by atoms with Crippen molar-refractivity contribution in [3.05, 3.63) is 48.7 Å². The molecule has 0 radical (unpaired) electrons. The van der Waals surface area contributed by atoms with Gasteiger partial charge in [-0.2, -0.15) is 4.98 Å². The molecule has 2 amide bonds. The lowest BCUT2D eigenvalue weighted by Crippen LogP contribution is -2.51. The summed E-state index contributed by atoms with van der Waals surface area (Å²) in [6, 6.07) is 13.8. The number of benzene rings is 1. The normalized spacial score (nSPS) is 17.4. The molecular formula is C23H28N8O. The highest BCUT2D eigenvalue weighted by atomic mass is 16.2. The number of urea groups is 1. The van der Waals surface area contributed by atoms with Crippen LogP contribution in [0.1, 0.15) is 25.7 Å². The van der Waals surface area contributed by atoms with Crippen LogP contribution in [0.15, 0.2) is 48.7 Å². The summed E-state index contributed by atoms with van der Waals surface area (Å²) in [6.07, 6.45) is 6.20. The van der Waals surface area contributed by atoms with Crippen LogP contribution in [0.2, 0.25) is 0 Å². The maximum absolute atomic E-state index is 12.4. The van der Waals surface area contributed by atoms with Crippen LogP contribution in [0.5, 0.6) is 0 Å². The van der Waals surface area contributed by atoms with Gasteiger partial charge in [0.1, 0.15) is 5.82 Å². The van der Waals surface area contributed by atoms with Gasteiger partial charge in [-0.25, -0.2) is 24.8 Å². The molecule has 1 aliphatic heterocycles. The lowest BCUT2D eigenvalue weighted by Gasteiger charge is -2.37. The Labute approximate surface area is 187 Å². The van der Waals surface area contributed by atoms with Gasteiger partial charge in [0.15, 0.2) is 5.65 Å². The Balaban J connectivity index is 1.41. The summed E-state index contributed by atoms with van der Waals surface area (Å²) in [5.41, 5.74) is 1.55. The first kappa shape index (κ1) is 20.6. The van der Waals surface area contributed by atoms with Crippen molar-refractivity contribution in [2.45, 2.75) is 31.7 Å². The standard InChI is InChI=1S/C23H28N8O/c32-23(26-18-6-4-5-7-18)28-20-11-10-17-16-25-22(29-21(17)27-20)31(19-8-2-1-3-9-19)30-14-12-24-13-15-30/h1-3,8-11,16,18,24H,4-7,12-15H2,(H2,25,26,27,28,29,32). The second-order valence-corrected chi connectivity index (χ2v) is 8.21. The largest absolute Gasteiger partial charge is 0.335 e. The first-order valence-corrected chi connectivity index (χ1v) is 11.3. The van der Waals surface area contributed by atoms with E-state index in [0.717, 1.165) is 50.1 Å². The van der Waals surface area contributed by atoms with Crippen LogP contribution in [-0.4, -0.2) is 58.2 Å². The highest BCUT2D eigenvalue weighted by Crippen LogP contribution is 2.26.